The van der Waals surface area contributed by atoms with Crippen molar-refractivity contribution in [3.05, 3.63) is 23.4 Å². The summed E-state index contributed by atoms with van der Waals surface area (Å²) in [5, 5.41) is 0.625. The SMILES string of the molecule is FC1(F)CCC2(CCN(c3ncccc3Cl)CC2)OC1. The Kier molecular flexibility index (Phi) is 3.58. The molecular formula is C14H17ClF2N2O. The lowest BCUT2D eigenvalue weighted by atomic mass is 9.83. The molecule has 3 heterocycles. The van der Waals surface area contributed by atoms with Gasteiger partial charge in [0.15, 0.2) is 0 Å². The highest BCUT2D eigenvalue weighted by Crippen LogP contribution is 2.41. The maximum Gasteiger partial charge on any atom is 0.271 e. The standard InChI is InChI=1S/C14H17ClF2N2O/c15-11-2-1-7-18-12(11)19-8-5-13(6-9-19)3-4-14(16,17)10-20-13/h1-2,7H,3-6,8-10H2. The fourth-order valence-corrected chi connectivity index (χ4v) is 3.19. The second kappa shape index (κ2) is 5.11. The second-order valence-corrected chi connectivity index (χ2v) is 6.03. The quantitative estimate of drug-likeness (QED) is 0.793. The van der Waals surface area contributed by atoms with Crippen LogP contribution in [-0.2, 0) is 4.74 Å². The van der Waals surface area contributed by atoms with Gasteiger partial charge in [0.1, 0.15) is 12.4 Å². The number of piperidine rings is 1. The van der Waals surface area contributed by atoms with Crippen molar-refractivity contribution in [1.29, 1.82) is 0 Å². The van der Waals surface area contributed by atoms with E-state index in [1.807, 2.05) is 6.07 Å². The lowest BCUT2D eigenvalue weighted by Crippen LogP contribution is -2.51. The highest BCUT2D eigenvalue weighted by Gasteiger charge is 2.45. The van der Waals surface area contributed by atoms with Gasteiger partial charge in [0.05, 0.1) is 10.6 Å². The van der Waals surface area contributed by atoms with Crippen LogP contribution in [0.25, 0.3) is 0 Å². The van der Waals surface area contributed by atoms with E-state index in [-0.39, 0.29) is 12.0 Å². The van der Waals surface area contributed by atoms with Crippen molar-refractivity contribution < 1.29 is 13.5 Å². The Hall–Kier alpha value is -0.940. The maximum absolute atomic E-state index is 13.2. The van der Waals surface area contributed by atoms with Crippen molar-refractivity contribution in [2.24, 2.45) is 0 Å². The summed E-state index contributed by atoms with van der Waals surface area (Å²) >= 11 is 6.14. The van der Waals surface area contributed by atoms with E-state index in [0.717, 1.165) is 31.7 Å². The molecule has 1 spiro atoms. The van der Waals surface area contributed by atoms with Crippen molar-refractivity contribution in [3.63, 3.8) is 0 Å². The van der Waals surface area contributed by atoms with E-state index in [0.29, 0.717) is 11.4 Å². The van der Waals surface area contributed by atoms with Gasteiger partial charge in [-0.15, -0.1) is 0 Å². The number of hydrogen-bond donors (Lipinski definition) is 0. The first kappa shape index (κ1) is 14.0. The molecule has 0 bridgehead atoms. The van der Waals surface area contributed by atoms with E-state index < -0.39 is 12.5 Å². The molecule has 0 radical (unpaired) electrons. The number of hydrogen-bond acceptors (Lipinski definition) is 3. The normalized spacial score (nSPS) is 24.9. The Morgan fingerprint density at radius 2 is 1.95 bits per heavy atom. The van der Waals surface area contributed by atoms with E-state index in [1.54, 1.807) is 12.3 Å². The summed E-state index contributed by atoms with van der Waals surface area (Å²) in [5.41, 5.74) is -0.376. The monoisotopic (exact) mass is 302 g/mol. The zero-order chi connectivity index (χ0) is 14.2. The van der Waals surface area contributed by atoms with E-state index in [1.165, 1.54) is 0 Å². The van der Waals surface area contributed by atoms with E-state index in [4.69, 9.17) is 16.3 Å². The molecule has 1 aromatic rings. The number of nitrogens with zero attached hydrogens (tertiary/aromatic N) is 2. The van der Waals surface area contributed by atoms with Crippen LogP contribution >= 0.6 is 11.6 Å². The first-order valence-electron chi connectivity index (χ1n) is 6.87. The van der Waals surface area contributed by atoms with Crippen LogP contribution in [-0.4, -0.2) is 36.2 Å². The van der Waals surface area contributed by atoms with Crippen LogP contribution in [0, 0.1) is 0 Å². The third kappa shape index (κ3) is 2.74. The average Bonchev–Trinajstić information content (AvgIpc) is 2.44. The van der Waals surface area contributed by atoms with Crippen LogP contribution in [0.2, 0.25) is 5.02 Å². The summed E-state index contributed by atoms with van der Waals surface area (Å²) in [5.74, 6) is -1.89. The van der Waals surface area contributed by atoms with E-state index in [9.17, 15) is 8.78 Å². The number of aromatic nitrogens is 1. The Balaban J connectivity index is 1.64. The highest BCUT2D eigenvalue weighted by atomic mass is 35.5. The van der Waals surface area contributed by atoms with Crippen molar-refractivity contribution in [2.45, 2.75) is 37.2 Å². The van der Waals surface area contributed by atoms with E-state index >= 15 is 0 Å². The number of pyridine rings is 1. The van der Waals surface area contributed by atoms with Gasteiger partial charge in [-0.05, 0) is 31.4 Å². The van der Waals surface area contributed by atoms with Crippen molar-refractivity contribution in [3.8, 4) is 0 Å². The molecule has 3 nitrogen and oxygen atoms in total. The van der Waals surface area contributed by atoms with E-state index in [2.05, 4.69) is 9.88 Å². The molecule has 2 fully saturated rings. The average molecular weight is 303 g/mol. The minimum atomic E-state index is -2.66. The predicted molar refractivity (Wildman–Crippen MR) is 73.6 cm³/mol. The molecule has 0 atom stereocenters. The van der Waals surface area contributed by atoms with Gasteiger partial charge >= 0.3 is 0 Å². The molecule has 20 heavy (non-hydrogen) atoms. The van der Waals surface area contributed by atoms with Crippen molar-refractivity contribution >= 4 is 17.4 Å². The molecule has 0 amide bonds. The third-order valence-corrected chi connectivity index (χ3v) is 4.54. The molecule has 1 aromatic heterocycles. The Bertz CT molecular complexity index is 478. The van der Waals surface area contributed by atoms with Crippen LogP contribution in [0.5, 0.6) is 0 Å². The number of anilines is 1. The van der Waals surface area contributed by atoms with Crippen LogP contribution in [0.4, 0.5) is 14.6 Å². The van der Waals surface area contributed by atoms with Gasteiger partial charge in [0.2, 0.25) is 0 Å². The minimum absolute atomic E-state index is 0.0721. The first-order valence-corrected chi connectivity index (χ1v) is 7.25. The summed E-state index contributed by atoms with van der Waals surface area (Å²) in [6.07, 6.45) is 3.57. The van der Waals surface area contributed by atoms with Gasteiger partial charge in [-0.3, -0.25) is 0 Å². The first-order chi connectivity index (χ1) is 9.50. The Labute approximate surface area is 121 Å². The zero-order valence-corrected chi connectivity index (χ0v) is 11.9. The van der Waals surface area contributed by atoms with Gasteiger partial charge in [0.25, 0.3) is 5.92 Å². The molecule has 6 heteroatoms. The van der Waals surface area contributed by atoms with Crippen LogP contribution in [0.15, 0.2) is 18.3 Å². The molecule has 0 unspecified atom stereocenters. The molecular weight excluding hydrogens is 286 g/mol. The summed E-state index contributed by atoms with van der Waals surface area (Å²) in [6, 6.07) is 3.61. The van der Waals surface area contributed by atoms with Gasteiger partial charge in [-0.2, -0.15) is 0 Å². The van der Waals surface area contributed by atoms with Gasteiger partial charge < -0.3 is 9.64 Å². The molecule has 3 rings (SSSR count). The van der Waals surface area contributed by atoms with Crippen LogP contribution in [0.3, 0.4) is 0 Å². The lowest BCUT2D eigenvalue weighted by molar-refractivity contribution is -0.193. The molecule has 0 aromatic carbocycles. The van der Waals surface area contributed by atoms with Gasteiger partial charge in [-0.25, -0.2) is 13.8 Å². The van der Waals surface area contributed by atoms with Gasteiger partial charge in [0, 0.05) is 25.7 Å². The fraction of sp³-hybridized carbons (Fsp3) is 0.643. The molecule has 110 valence electrons. The molecule has 2 aliphatic rings. The fourth-order valence-electron chi connectivity index (χ4n) is 2.94. The molecule has 0 aliphatic carbocycles. The third-order valence-electron chi connectivity index (χ3n) is 4.25. The predicted octanol–water partition coefficient (Wildman–Crippen LogP) is 3.52. The molecule has 0 saturated carbocycles. The number of ether oxygens (including phenoxy) is 1. The minimum Gasteiger partial charge on any atom is -0.369 e. The smallest absolute Gasteiger partial charge is 0.271 e. The lowest BCUT2D eigenvalue weighted by Gasteiger charge is -2.45. The van der Waals surface area contributed by atoms with Crippen molar-refractivity contribution in [1.82, 2.24) is 4.98 Å². The Morgan fingerprint density at radius 3 is 2.55 bits per heavy atom. The zero-order valence-electron chi connectivity index (χ0n) is 11.1. The van der Waals surface area contributed by atoms with Crippen LogP contribution in [0.1, 0.15) is 25.7 Å². The highest BCUT2D eigenvalue weighted by molar-refractivity contribution is 6.32. The van der Waals surface area contributed by atoms with Crippen LogP contribution < -0.4 is 4.90 Å². The summed E-state index contributed by atoms with van der Waals surface area (Å²) < 4.78 is 31.9. The Morgan fingerprint density at radius 1 is 1.20 bits per heavy atom. The number of halogens is 3. The summed E-state index contributed by atoms with van der Waals surface area (Å²) in [6.45, 7) is 1.03. The van der Waals surface area contributed by atoms with Crippen molar-refractivity contribution in [2.75, 3.05) is 24.6 Å². The largest absolute Gasteiger partial charge is 0.369 e. The summed E-state index contributed by atoms with van der Waals surface area (Å²) in [4.78, 5) is 6.39. The molecule has 0 N–H and O–H groups in total. The molecule has 2 saturated heterocycles. The topological polar surface area (TPSA) is 25.4 Å². The summed E-state index contributed by atoms with van der Waals surface area (Å²) in [7, 11) is 0. The van der Waals surface area contributed by atoms with Gasteiger partial charge in [-0.1, -0.05) is 11.6 Å². The maximum atomic E-state index is 13.2. The molecule has 2 aliphatic heterocycles. The second-order valence-electron chi connectivity index (χ2n) is 5.62. The number of rotatable bonds is 1. The number of alkyl halides is 2.